The molecular formula is C10H18N4O. The molecule has 0 aliphatic heterocycles. The number of hydrogen-bond acceptors (Lipinski definition) is 3. The summed E-state index contributed by atoms with van der Waals surface area (Å²) in [5.41, 5.74) is 1.07. The van der Waals surface area contributed by atoms with E-state index in [0.29, 0.717) is 13.0 Å². The Morgan fingerprint density at radius 3 is 2.93 bits per heavy atom. The van der Waals surface area contributed by atoms with E-state index in [-0.39, 0.29) is 5.91 Å². The summed E-state index contributed by atoms with van der Waals surface area (Å²) >= 11 is 0. The maximum atomic E-state index is 10.9. The number of carbonyl (C=O) groups is 1. The van der Waals surface area contributed by atoms with Crippen LogP contribution >= 0.6 is 0 Å². The number of nitrogens with one attached hydrogen (secondary N) is 2. The van der Waals surface area contributed by atoms with Crippen LogP contribution in [-0.2, 0) is 18.3 Å². The molecule has 0 aliphatic rings. The quantitative estimate of drug-likeness (QED) is 0.633. The van der Waals surface area contributed by atoms with Gasteiger partial charge in [0.25, 0.3) is 0 Å². The molecule has 5 nitrogen and oxygen atoms in total. The molecule has 2 N–H and O–H groups in total. The average Bonchev–Trinajstić information content (AvgIpc) is 2.63. The Labute approximate surface area is 89.9 Å². The number of rotatable bonds is 6. The highest BCUT2D eigenvalue weighted by molar-refractivity contribution is 5.75. The van der Waals surface area contributed by atoms with Crippen molar-refractivity contribution < 1.29 is 4.79 Å². The minimum absolute atomic E-state index is 0.0698. The molecule has 0 atom stereocenters. The van der Waals surface area contributed by atoms with Crippen molar-refractivity contribution in [1.82, 2.24) is 20.4 Å². The van der Waals surface area contributed by atoms with E-state index in [1.807, 2.05) is 19.3 Å². The first-order chi connectivity index (χ1) is 7.22. The summed E-state index contributed by atoms with van der Waals surface area (Å²) in [6.07, 6.45) is 3.35. The highest BCUT2D eigenvalue weighted by Crippen LogP contribution is 1.93. The predicted octanol–water partition coefficient (Wildman–Crippen LogP) is -0.312. The van der Waals surface area contributed by atoms with Crippen molar-refractivity contribution in [2.24, 2.45) is 7.05 Å². The molecule has 0 radical (unpaired) electrons. The third-order valence-corrected chi connectivity index (χ3v) is 2.13. The van der Waals surface area contributed by atoms with Gasteiger partial charge in [-0.3, -0.25) is 9.48 Å². The minimum Gasteiger partial charge on any atom is -0.359 e. The summed E-state index contributed by atoms with van der Waals surface area (Å²) < 4.78 is 1.79. The number of carbonyl (C=O) groups excluding carboxylic acids is 1. The summed E-state index contributed by atoms with van der Waals surface area (Å²) in [5.74, 6) is 0.0698. The molecule has 0 fully saturated rings. The van der Waals surface area contributed by atoms with E-state index in [9.17, 15) is 4.79 Å². The number of aromatic nitrogens is 2. The van der Waals surface area contributed by atoms with Crippen molar-refractivity contribution in [2.75, 3.05) is 20.1 Å². The smallest absolute Gasteiger partial charge is 0.221 e. The maximum absolute atomic E-state index is 10.9. The van der Waals surface area contributed by atoms with Gasteiger partial charge in [0.1, 0.15) is 0 Å². The Morgan fingerprint density at radius 1 is 1.53 bits per heavy atom. The molecular weight excluding hydrogens is 192 g/mol. The number of amides is 1. The zero-order valence-corrected chi connectivity index (χ0v) is 9.29. The van der Waals surface area contributed by atoms with Gasteiger partial charge < -0.3 is 10.6 Å². The second-order valence-corrected chi connectivity index (χ2v) is 3.40. The van der Waals surface area contributed by atoms with Gasteiger partial charge in [-0.2, -0.15) is 5.10 Å². The van der Waals surface area contributed by atoms with Crippen molar-refractivity contribution in [3.8, 4) is 0 Å². The second kappa shape index (κ2) is 6.19. The molecule has 1 aromatic heterocycles. The summed E-state index contributed by atoms with van der Waals surface area (Å²) in [7, 11) is 3.55. The Balaban J connectivity index is 2.05. The lowest BCUT2D eigenvalue weighted by Gasteiger charge is -2.02. The van der Waals surface area contributed by atoms with E-state index >= 15 is 0 Å². The molecule has 1 amide bonds. The molecule has 0 aliphatic carbocycles. The first-order valence-corrected chi connectivity index (χ1v) is 5.12. The van der Waals surface area contributed by atoms with Crippen molar-refractivity contribution in [3.05, 3.63) is 18.0 Å². The van der Waals surface area contributed by atoms with Crippen molar-refractivity contribution >= 4 is 5.91 Å². The van der Waals surface area contributed by atoms with Crippen LogP contribution in [-0.4, -0.2) is 35.8 Å². The lowest BCUT2D eigenvalue weighted by atomic mass is 10.3. The van der Waals surface area contributed by atoms with Gasteiger partial charge in [-0.1, -0.05) is 0 Å². The molecule has 0 bridgehead atoms. The van der Waals surface area contributed by atoms with E-state index in [1.165, 1.54) is 0 Å². The SMILES string of the molecule is CNC(=O)CCNCCc1ccn(C)n1. The van der Waals surface area contributed by atoms with Crippen molar-refractivity contribution in [2.45, 2.75) is 12.8 Å². The molecule has 0 unspecified atom stereocenters. The summed E-state index contributed by atoms with van der Waals surface area (Å²) in [4.78, 5) is 10.9. The van der Waals surface area contributed by atoms with E-state index in [4.69, 9.17) is 0 Å². The van der Waals surface area contributed by atoms with E-state index in [2.05, 4.69) is 15.7 Å². The van der Waals surface area contributed by atoms with Crippen LogP contribution in [0.2, 0.25) is 0 Å². The van der Waals surface area contributed by atoms with E-state index < -0.39 is 0 Å². The zero-order valence-electron chi connectivity index (χ0n) is 9.29. The van der Waals surface area contributed by atoms with Crippen LogP contribution in [0.15, 0.2) is 12.3 Å². The van der Waals surface area contributed by atoms with Crippen LogP contribution < -0.4 is 10.6 Å². The van der Waals surface area contributed by atoms with E-state index in [0.717, 1.165) is 18.7 Å². The minimum atomic E-state index is 0.0698. The van der Waals surface area contributed by atoms with Gasteiger partial charge in [0.2, 0.25) is 5.91 Å². The molecule has 0 saturated carbocycles. The molecule has 0 spiro atoms. The van der Waals surface area contributed by atoms with Gasteiger partial charge in [-0.15, -0.1) is 0 Å². The summed E-state index contributed by atoms with van der Waals surface area (Å²) in [6, 6.07) is 2.00. The molecule has 0 saturated heterocycles. The molecule has 1 aromatic rings. The van der Waals surface area contributed by atoms with Crippen LogP contribution in [0.4, 0.5) is 0 Å². The fourth-order valence-corrected chi connectivity index (χ4v) is 1.26. The van der Waals surface area contributed by atoms with Crippen molar-refractivity contribution in [1.29, 1.82) is 0 Å². The molecule has 1 heterocycles. The Bertz CT molecular complexity index is 308. The van der Waals surface area contributed by atoms with Crippen LogP contribution in [0, 0.1) is 0 Å². The molecule has 84 valence electrons. The standard InChI is InChI=1S/C10H18N4O/c1-11-10(15)4-7-12-6-3-9-5-8-14(2)13-9/h5,8,12H,3-4,6-7H2,1-2H3,(H,11,15). The van der Waals surface area contributed by atoms with Crippen LogP contribution in [0.3, 0.4) is 0 Å². The second-order valence-electron chi connectivity index (χ2n) is 3.40. The largest absolute Gasteiger partial charge is 0.359 e. The number of hydrogen-bond donors (Lipinski definition) is 2. The first-order valence-electron chi connectivity index (χ1n) is 5.12. The molecule has 15 heavy (non-hydrogen) atoms. The third kappa shape index (κ3) is 4.60. The summed E-state index contributed by atoms with van der Waals surface area (Å²) in [6.45, 7) is 1.57. The molecule has 0 aromatic carbocycles. The van der Waals surface area contributed by atoms with Crippen molar-refractivity contribution in [3.63, 3.8) is 0 Å². The van der Waals surface area contributed by atoms with Gasteiger partial charge in [0.05, 0.1) is 5.69 Å². The Hall–Kier alpha value is -1.36. The topological polar surface area (TPSA) is 59.0 Å². The maximum Gasteiger partial charge on any atom is 0.221 e. The Kier molecular flexibility index (Phi) is 4.83. The monoisotopic (exact) mass is 210 g/mol. The van der Waals surface area contributed by atoms with E-state index in [1.54, 1.807) is 11.7 Å². The van der Waals surface area contributed by atoms with Crippen LogP contribution in [0.25, 0.3) is 0 Å². The van der Waals surface area contributed by atoms with Gasteiger partial charge in [0, 0.05) is 46.2 Å². The fraction of sp³-hybridized carbons (Fsp3) is 0.600. The first kappa shape index (κ1) is 11.7. The van der Waals surface area contributed by atoms with Gasteiger partial charge in [-0.05, 0) is 6.07 Å². The Morgan fingerprint density at radius 2 is 2.33 bits per heavy atom. The van der Waals surface area contributed by atoms with Gasteiger partial charge in [0.15, 0.2) is 0 Å². The highest BCUT2D eigenvalue weighted by atomic mass is 16.1. The lowest BCUT2D eigenvalue weighted by molar-refractivity contribution is -0.120. The summed E-state index contributed by atoms with van der Waals surface area (Å²) in [5, 5.41) is 10.0. The third-order valence-electron chi connectivity index (χ3n) is 2.13. The fourth-order valence-electron chi connectivity index (χ4n) is 1.26. The normalized spacial score (nSPS) is 10.3. The van der Waals surface area contributed by atoms with Crippen LogP contribution in [0.1, 0.15) is 12.1 Å². The predicted molar refractivity (Wildman–Crippen MR) is 58.5 cm³/mol. The average molecular weight is 210 g/mol. The molecule has 5 heteroatoms. The zero-order chi connectivity index (χ0) is 11.1. The number of nitrogens with zero attached hydrogens (tertiary/aromatic N) is 2. The number of aryl methyl sites for hydroxylation is 1. The van der Waals surface area contributed by atoms with Crippen LogP contribution in [0.5, 0.6) is 0 Å². The van der Waals surface area contributed by atoms with Gasteiger partial charge >= 0.3 is 0 Å². The molecule has 1 rings (SSSR count). The highest BCUT2D eigenvalue weighted by Gasteiger charge is 1.98. The van der Waals surface area contributed by atoms with Gasteiger partial charge in [-0.25, -0.2) is 0 Å². The lowest BCUT2D eigenvalue weighted by Crippen LogP contribution is -2.26.